The van der Waals surface area contributed by atoms with E-state index in [1.165, 1.54) is 16.7 Å². The van der Waals surface area contributed by atoms with Crippen LogP contribution < -0.4 is 5.32 Å². The second-order valence-corrected chi connectivity index (χ2v) is 5.43. The maximum absolute atomic E-state index is 13.4. The van der Waals surface area contributed by atoms with Crippen molar-refractivity contribution in [1.29, 1.82) is 0 Å². The van der Waals surface area contributed by atoms with Gasteiger partial charge >= 0.3 is 0 Å². The molecule has 1 aromatic carbocycles. The van der Waals surface area contributed by atoms with Crippen molar-refractivity contribution < 1.29 is 4.39 Å². The van der Waals surface area contributed by atoms with Crippen LogP contribution in [0.2, 0.25) is 0 Å². The standard InChI is InChI=1S/C15H18FNS/c1-9-5-12(16)6-10(2)14(9)15(17-4)13-8-18-7-11(13)3/h5-8,15,17H,1-4H3. The molecule has 2 aromatic rings. The van der Waals surface area contributed by atoms with E-state index in [2.05, 4.69) is 23.0 Å². The van der Waals surface area contributed by atoms with Crippen molar-refractivity contribution in [3.05, 3.63) is 56.5 Å². The minimum atomic E-state index is -0.161. The fourth-order valence-electron chi connectivity index (χ4n) is 2.50. The molecule has 1 aromatic heterocycles. The Labute approximate surface area is 112 Å². The van der Waals surface area contributed by atoms with Gasteiger partial charge in [-0.3, -0.25) is 0 Å². The van der Waals surface area contributed by atoms with Crippen LogP contribution in [-0.2, 0) is 0 Å². The van der Waals surface area contributed by atoms with Crippen LogP contribution in [-0.4, -0.2) is 7.05 Å². The first-order valence-electron chi connectivity index (χ1n) is 6.01. The van der Waals surface area contributed by atoms with Crippen molar-refractivity contribution in [1.82, 2.24) is 5.32 Å². The number of thiophene rings is 1. The first-order chi connectivity index (χ1) is 8.54. The van der Waals surface area contributed by atoms with Crippen LogP contribution in [0.15, 0.2) is 22.9 Å². The predicted molar refractivity (Wildman–Crippen MR) is 75.8 cm³/mol. The van der Waals surface area contributed by atoms with Gasteiger partial charge in [-0.2, -0.15) is 11.3 Å². The van der Waals surface area contributed by atoms with Crippen LogP contribution in [0, 0.1) is 26.6 Å². The summed E-state index contributed by atoms with van der Waals surface area (Å²) in [6, 6.07) is 3.35. The van der Waals surface area contributed by atoms with E-state index in [9.17, 15) is 4.39 Å². The number of hydrogen-bond acceptors (Lipinski definition) is 2. The zero-order valence-electron chi connectivity index (χ0n) is 11.2. The fraction of sp³-hybridized carbons (Fsp3) is 0.333. The second-order valence-electron chi connectivity index (χ2n) is 4.69. The number of benzene rings is 1. The van der Waals surface area contributed by atoms with E-state index in [-0.39, 0.29) is 11.9 Å². The Hall–Kier alpha value is -1.19. The van der Waals surface area contributed by atoms with Crippen molar-refractivity contribution in [2.45, 2.75) is 26.8 Å². The number of halogens is 1. The van der Waals surface area contributed by atoms with Crippen molar-refractivity contribution in [2.24, 2.45) is 0 Å². The van der Waals surface area contributed by atoms with E-state index in [4.69, 9.17) is 0 Å². The van der Waals surface area contributed by atoms with Gasteiger partial charge in [0.1, 0.15) is 5.82 Å². The highest BCUT2D eigenvalue weighted by molar-refractivity contribution is 7.08. The summed E-state index contributed by atoms with van der Waals surface area (Å²) in [6.07, 6.45) is 0. The molecule has 0 saturated carbocycles. The van der Waals surface area contributed by atoms with Gasteiger partial charge in [0.05, 0.1) is 6.04 Å². The SMILES string of the molecule is CNC(c1cscc1C)c1c(C)cc(F)cc1C. The minimum Gasteiger partial charge on any atom is -0.309 e. The van der Waals surface area contributed by atoms with E-state index >= 15 is 0 Å². The van der Waals surface area contributed by atoms with Crippen LogP contribution in [0.4, 0.5) is 4.39 Å². The lowest BCUT2D eigenvalue weighted by atomic mass is 9.91. The molecule has 1 heterocycles. The fourth-order valence-corrected chi connectivity index (χ4v) is 3.38. The topological polar surface area (TPSA) is 12.0 Å². The smallest absolute Gasteiger partial charge is 0.123 e. The summed E-state index contributed by atoms with van der Waals surface area (Å²) in [5.74, 6) is -0.161. The molecule has 0 aliphatic heterocycles. The number of rotatable bonds is 3. The molecule has 0 amide bonds. The van der Waals surface area contributed by atoms with Gasteiger partial charge < -0.3 is 5.32 Å². The first-order valence-corrected chi connectivity index (χ1v) is 6.95. The molecule has 3 heteroatoms. The zero-order valence-corrected chi connectivity index (χ0v) is 12.0. The molecule has 0 aliphatic carbocycles. The molecule has 96 valence electrons. The zero-order chi connectivity index (χ0) is 13.3. The Balaban J connectivity index is 2.56. The van der Waals surface area contributed by atoms with E-state index in [0.29, 0.717) is 0 Å². The highest BCUT2D eigenvalue weighted by Crippen LogP contribution is 2.31. The summed E-state index contributed by atoms with van der Waals surface area (Å²) in [4.78, 5) is 0. The molecule has 0 radical (unpaired) electrons. The summed E-state index contributed by atoms with van der Waals surface area (Å²) >= 11 is 1.71. The summed E-state index contributed by atoms with van der Waals surface area (Å²) in [5.41, 5.74) is 5.73. The largest absolute Gasteiger partial charge is 0.309 e. The first kappa shape index (κ1) is 13.2. The molecule has 1 N–H and O–H groups in total. The third-order valence-electron chi connectivity index (χ3n) is 3.34. The highest BCUT2D eigenvalue weighted by Gasteiger charge is 2.19. The molecule has 1 nitrogen and oxygen atoms in total. The monoisotopic (exact) mass is 263 g/mol. The average Bonchev–Trinajstić information content (AvgIpc) is 2.69. The molecular formula is C15H18FNS. The molecule has 1 atom stereocenters. The molecular weight excluding hydrogens is 245 g/mol. The molecule has 0 bridgehead atoms. The van der Waals surface area contributed by atoms with Gasteiger partial charge in [0.15, 0.2) is 0 Å². The summed E-state index contributed by atoms with van der Waals surface area (Å²) in [5, 5.41) is 7.66. The van der Waals surface area contributed by atoms with Gasteiger partial charge in [-0.15, -0.1) is 0 Å². The Morgan fingerprint density at radius 1 is 1.06 bits per heavy atom. The molecule has 0 fully saturated rings. The Bertz CT molecular complexity index is 536. The summed E-state index contributed by atoms with van der Waals surface area (Å²) in [7, 11) is 1.95. The third kappa shape index (κ3) is 2.33. The van der Waals surface area contributed by atoms with Gasteiger partial charge in [0, 0.05) is 0 Å². The lowest BCUT2D eigenvalue weighted by Gasteiger charge is -2.21. The van der Waals surface area contributed by atoms with Crippen LogP contribution in [0.25, 0.3) is 0 Å². The lowest BCUT2D eigenvalue weighted by Crippen LogP contribution is -2.20. The quantitative estimate of drug-likeness (QED) is 0.878. The normalized spacial score (nSPS) is 12.7. The Morgan fingerprint density at radius 2 is 1.67 bits per heavy atom. The highest BCUT2D eigenvalue weighted by atomic mass is 32.1. The Kier molecular flexibility index (Phi) is 3.83. The Morgan fingerprint density at radius 3 is 2.11 bits per heavy atom. The van der Waals surface area contributed by atoms with Crippen LogP contribution >= 0.6 is 11.3 Å². The van der Waals surface area contributed by atoms with E-state index < -0.39 is 0 Å². The van der Waals surface area contributed by atoms with E-state index in [0.717, 1.165) is 11.1 Å². The maximum Gasteiger partial charge on any atom is 0.123 e. The van der Waals surface area contributed by atoms with Crippen LogP contribution in [0.5, 0.6) is 0 Å². The summed E-state index contributed by atoms with van der Waals surface area (Å²) < 4.78 is 13.4. The van der Waals surface area contributed by atoms with Gasteiger partial charge in [-0.25, -0.2) is 4.39 Å². The number of nitrogens with one attached hydrogen (secondary N) is 1. The number of aryl methyl sites for hydroxylation is 3. The van der Waals surface area contributed by atoms with Crippen molar-refractivity contribution >= 4 is 11.3 Å². The number of hydrogen-bond donors (Lipinski definition) is 1. The van der Waals surface area contributed by atoms with Crippen LogP contribution in [0.1, 0.15) is 33.9 Å². The van der Waals surface area contributed by atoms with Crippen LogP contribution in [0.3, 0.4) is 0 Å². The van der Waals surface area contributed by atoms with Crippen molar-refractivity contribution in [3.8, 4) is 0 Å². The van der Waals surface area contributed by atoms with Gasteiger partial charge in [0.2, 0.25) is 0 Å². The van der Waals surface area contributed by atoms with Gasteiger partial charge in [0.25, 0.3) is 0 Å². The molecule has 1 unspecified atom stereocenters. The molecule has 0 spiro atoms. The summed E-state index contributed by atoms with van der Waals surface area (Å²) in [6.45, 7) is 6.05. The van der Waals surface area contributed by atoms with Gasteiger partial charge in [-0.1, -0.05) is 0 Å². The molecule has 0 aliphatic rings. The van der Waals surface area contributed by atoms with Crippen molar-refractivity contribution in [2.75, 3.05) is 7.05 Å². The van der Waals surface area contributed by atoms with E-state index in [1.807, 2.05) is 20.9 Å². The molecule has 2 rings (SSSR count). The average molecular weight is 263 g/mol. The predicted octanol–water partition coefficient (Wildman–Crippen LogP) is 4.12. The second kappa shape index (κ2) is 5.21. The molecule has 0 saturated heterocycles. The lowest BCUT2D eigenvalue weighted by molar-refractivity contribution is 0.618. The van der Waals surface area contributed by atoms with Crippen molar-refractivity contribution in [3.63, 3.8) is 0 Å². The third-order valence-corrected chi connectivity index (χ3v) is 4.22. The van der Waals surface area contributed by atoms with E-state index in [1.54, 1.807) is 23.5 Å². The minimum absolute atomic E-state index is 0.136. The molecule has 18 heavy (non-hydrogen) atoms. The van der Waals surface area contributed by atoms with Gasteiger partial charge in [-0.05, 0) is 78.5 Å². The maximum atomic E-state index is 13.4.